The lowest BCUT2D eigenvalue weighted by Gasteiger charge is -2.08. The van der Waals surface area contributed by atoms with E-state index in [2.05, 4.69) is 15.9 Å². The largest absolute Gasteiger partial charge is 0.274 e. The van der Waals surface area contributed by atoms with Gasteiger partial charge in [0.25, 0.3) is 11.4 Å². The third-order valence-electron chi connectivity index (χ3n) is 3.22. The first-order valence-electron chi connectivity index (χ1n) is 6.28. The molecule has 0 aliphatic heterocycles. The van der Waals surface area contributed by atoms with Crippen molar-refractivity contribution in [1.29, 1.82) is 0 Å². The molecule has 0 amide bonds. The van der Waals surface area contributed by atoms with Gasteiger partial charge in [-0.15, -0.1) is 0 Å². The molecule has 0 bridgehead atoms. The third kappa shape index (κ3) is 3.99. The summed E-state index contributed by atoms with van der Waals surface area (Å²) in [6.07, 6.45) is 0.171. The van der Waals surface area contributed by atoms with Gasteiger partial charge in [0.1, 0.15) is 0 Å². The van der Waals surface area contributed by atoms with E-state index in [0.717, 1.165) is 0 Å². The number of nitro groups is 2. The Bertz CT molecular complexity index is 799. The highest BCUT2D eigenvalue weighted by molar-refractivity contribution is 9.08. The van der Waals surface area contributed by atoms with Gasteiger partial charge in [0.15, 0.2) is 0 Å². The van der Waals surface area contributed by atoms with Crippen LogP contribution in [0.3, 0.4) is 0 Å². The molecule has 0 unspecified atom stereocenters. The first-order chi connectivity index (χ1) is 10.8. The monoisotopic (exact) mass is 418 g/mol. The van der Waals surface area contributed by atoms with Gasteiger partial charge in [-0.25, -0.2) is 0 Å². The van der Waals surface area contributed by atoms with Gasteiger partial charge < -0.3 is 0 Å². The Morgan fingerprint density at radius 2 is 1.57 bits per heavy atom. The summed E-state index contributed by atoms with van der Waals surface area (Å²) in [6, 6.07) is 6.96. The Kier molecular flexibility index (Phi) is 5.56. The fourth-order valence-electron chi connectivity index (χ4n) is 2.07. The van der Waals surface area contributed by atoms with Crippen LogP contribution in [0.2, 0.25) is 10.0 Å². The quantitative estimate of drug-likeness (QED) is 0.374. The van der Waals surface area contributed by atoms with Gasteiger partial charge in [0.05, 0.1) is 19.9 Å². The number of nitro benzene ring substituents is 2. The van der Waals surface area contributed by atoms with Crippen molar-refractivity contribution in [3.8, 4) is 0 Å². The van der Waals surface area contributed by atoms with Crippen molar-refractivity contribution in [3.63, 3.8) is 0 Å². The van der Waals surface area contributed by atoms with Crippen LogP contribution in [0.1, 0.15) is 16.7 Å². The maximum atomic E-state index is 11.2. The van der Waals surface area contributed by atoms with Crippen molar-refractivity contribution in [3.05, 3.63) is 77.3 Å². The number of rotatable bonds is 5. The molecule has 0 aromatic heterocycles. The van der Waals surface area contributed by atoms with Crippen LogP contribution in [-0.4, -0.2) is 9.85 Å². The Morgan fingerprint density at radius 1 is 0.913 bits per heavy atom. The number of alkyl halides is 1. The van der Waals surface area contributed by atoms with Crippen LogP contribution in [0.15, 0.2) is 30.3 Å². The van der Waals surface area contributed by atoms with Crippen molar-refractivity contribution < 1.29 is 9.85 Å². The topological polar surface area (TPSA) is 86.3 Å². The molecule has 23 heavy (non-hydrogen) atoms. The Morgan fingerprint density at radius 3 is 2.09 bits per heavy atom. The van der Waals surface area contributed by atoms with Gasteiger partial charge in [-0.05, 0) is 17.2 Å². The average molecular weight is 420 g/mol. The van der Waals surface area contributed by atoms with Gasteiger partial charge >= 0.3 is 0 Å². The summed E-state index contributed by atoms with van der Waals surface area (Å²) in [5.41, 5.74) is 1.46. The second kappa shape index (κ2) is 7.25. The number of nitrogens with zero attached hydrogens (tertiary/aromatic N) is 2. The van der Waals surface area contributed by atoms with Crippen LogP contribution in [0.4, 0.5) is 11.4 Å². The van der Waals surface area contributed by atoms with E-state index in [9.17, 15) is 20.2 Å². The molecule has 0 saturated heterocycles. The number of non-ortho nitro benzene ring substituents is 1. The average Bonchev–Trinajstić information content (AvgIpc) is 2.49. The number of benzene rings is 2. The molecule has 2 aromatic rings. The maximum Gasteiger partial charge on any atom is 0.274 e. The first-order valence-corrected chi connectivity index (χ1v) is 8.15. The standard InChI is InChI=1S/C14H9BrCl2N2O4/c15-7-10-4-9(14(19(22)23)6-13(10)17)3-8-1-2-11(18(20)21)5-12(8)16/h1-2,4-6H,3,7H2. The van der Waals surface area contributed by atoms with Gasteiger partial charge in [-0.3, -0.25) is 20.2 Å². The fourth-order valence-corrected chi connectivity index (χ4v) is 3.16. The minimum absolute atomic E-state index is 0.117. The van der Waals surface area contributed by atoms with Gasteiger partial charge in [0, 0.05) is 35.5 Å². The zero-order valence-corrected chi connectivity index (χ0v) is 14.6. The molecule has 6 nitrogen and oxygen atoms in total. The molecule has 0 fully saturated rings. The molecular weight excluding hydrogens is 411 g/mol. The number of hydrogen-bond donors (Lipinski definition) is 0. The van der Waals surface area contributed by atoms with Crippen LogP contribution in [0.5, 0.6) is 0 Å². The van der Waals surface area contributed by atoms with Crippen molar-refractivity contribution in [2.75, 3.05) is 0 Å². The predicted molar refractivity (Wildman–Crippen MR) is 91.6 cm³/mol. The highest BCUT2D eigenvalue weighted by Gasteiger charge is 2.19. The summed E-state index contributed by atoms with van der Waals surface area (Å²) in [5, 5.41) is 22.9. The summed E-state index contributed by atoms with van der Waals surface area (Å²) < 4.78 is 0. The first kappa shape index (κ1) is 17.7. The summed E-state index contributed by atoms with van der Waals surface area (Å²) in [7, 11) is 0. The zero-order valence-electron chi connectivity index (χ0n) is 11.5. The molecule has 2 rings (SSSR count). The Labute approximate surface area is 149 Å². The fraction of sp³-hybridized carbons (Fsp3) is 0.143. The van der Waals surface area contributed by atoms with Crippen LogP contribution in [0, 0.1) is 20.2 Å². The molecule has 0 spiro atoms. The van der Waals surface area contributed by atoms with E-state index in [4.69, 9.17) is 23.2 Å². The van der Waals surface area contributed by atoms with Gasteiger partial charge in [-0.1, -0.05) is 45.2 Å². The molecule has 0 atom stereocenters. The Hall–Kier alpha value is -1.70. The maximum absolute atomic E-state index is 11.2. The lowest BCUT2D eigenvalue weighted by Crippen LogP contribution is -2.00. The molecule has 0 aliphatic carbocycles. The van der Waals surface area contributed by atoms with Crippen molar-refractivity contribution in [2.45, 2.75) is 11.8 Å². The van der Waals surface area contributed by atoms with E-state index in [1.54, 1.807) is 6.07 Å². The van der Waals surface area contributed by atoms with Crippen LogP contribution >= 0.6 is 39.1 Å². The van der Waals surface area contributed by atoms with Crippen LogP contribution in [-0.2, 0) is 11.8 Å². The van der Waals surface area contributed by atoms with E-state index in [1.165, 1.54) is 24.3 Å². The smallest absolute Gasteiger partial charge is 0.258 e. The summed E-state index contributed by atoms with van der Waals surface area (Å²) in [5.74, 6) is 0. The summed E-state index contributed by atoms with van der Waals surface area (Å²) in [4.78, 5) is 20.9. The van der Waals surface area contributed by atoms with Crippen molar-refractivity contribution >= 4 is 50.5 Å². The van der Waals surface area contributed by atoms with E-state index < -0.39 is 9.85 Å². The second-order valence-electron chi connectivity index (χ2n) is 4.67. The molecule has 0 radical (unpaired) electrons. The van der Waals surface area contributed by atoms with E-state index >= 15 is 0 Å². The van der Waals surface area contributed by atoms with Gasteiger partial charge in [0.2, 0.25) is 0 Å². The predicted octanol–water partition coefficient (Wildman–Crippen LogP) is 5.30. The van der Waals surface area contributed by atoms with E-state index in [-0.39, 0.29) is 22.8 Å². The SMILES string of the molecule is O=[N+]([O-])c1ccc(Cc2cc(CBr)c(Cl)cc2[N+](=O)[O-])c(Cl)c1. The highest BCUT2D eigenvalue weighted by Crippen LogP contribution is 2.32. The Balaban J connectivity index is 2.47. The zero-order chi connectivity index (χ0) is 17.1. The normalized spacial score (nSPS) is 10.6. The minimum atomic E-state index is -0.552. The molecule has 9 heteroatoms. The molecule has 0 N–H and O–H groups in total. The minimum Gasteiger partial charge on any atom is -0.258 e. The number of halogens is 3. The van der Waals surface area contributed by atoms with Gasteiger partial charge in [-0.2, -0.15) is 0 Å². The van der Waals surface area contributed by atoms with E-state index in [0.29, 0.717) is 27.0 Å². The lowest BCUT2D eigenvalue weighted by molar-refractivity contribution is -0.385. The van der Waals surface area contributed by atoms with Crippen molar-refractivity contribution in [2.24, 2.45) is 0 Å². The molecule has 120 valence electrons. The van der Waals surface area contributed by atoms with Crippen LogP contribution < -0.4 is 0 Å². The third-order valence-corrected chi connectivity index (χ3v) is 4.52. The lowest BCUT2D eigenvalue weighted by atomic mass is 10.0. The molecule has 0 aliphatic rings. The molecule has 0 saturated carbocycles. The highest BCUT2D eigenvalue weighted by atomic mass is 79.9. The molecular formula is C14H9BrCl2N2O4. The van der Waals surface area contributed by atoms with Crippen LogP contribution in [0.25, 0.3) is 0 Å². The number of hydrogen-bond acceptors (Lipinski definition) is 4. The van der Waals surface area contributed by atoms with Crippen molar-refractivity contribution in [1.82, 2.24) is 0 Å². The second-order valence-corrected chi connectivity index (χ2v) is 6.05. The molecule has 0 heterocycles. The molecule has 2 aromatic carbocycles. The van der Waals surface area contributed by atoms with E-state index in [1.807, 2.05) is 0 Å². The summed E-state index contributed by atoms with van der Waals surface area (Å²) in [6.45, 7) is 0. The summed E-state index contributed by atoms with van der Waals surface area (Å²) >= 11 is 15.3.